The standard InChI is InChI=1S/C22H26FN5O3S/c1-2-10-28-21-9-8-19(13-20(21)25-26-28)32(30,31)27-11-4-6-17(15-27)22(29)24-14-16-5-3-7-18(23)12-16/h3,5,7-9,12-13,17H,2,4,6,10-11,14-15H2,1H3,(H,24,29)/t17-/m1/s1. The third kappa shape index (κ3) is 4.66. The molecule has 1 amide bonds. The number of rotatable bonds is 7. The van der Waals surface area contributed by atoms with E-state index in [1.807, 2.05) is 6.92 Å². The molecule has 1 fully saturated rings. The second-order valence-electron chi connectivity index (χ2n) is 8.01. The van der Waals surface area contributed by atoms with Crippen LogP contribution in [-0.2, 0) is 27.9 Å². The van der Waals surface area contributed by atoms with Gasteiger partial charge in [0.2, 0.25) is 15.9 Å². The van der Waals surface area contributed by atoms with Gasteiger partial charge in [-0.3, -0.25) is 4.79 Å². The zero-order chi connectivity index (χ0) is 22.7. The highest BCUT2D eigenvalue weighted by Crippen LogP contribution is 2.26. The highest BCUT2D eigenvalue weighted by atomic mass is 32.2. The Balaban J connectivity index is 1.45. The third-order valence-electron chi connectivity index (χ3n) is 5.67. The Bertz CT molecular complexity index is 1230. The molecule has 0 saturated carbocycles. The van der Waals surface area contributed by atoms with Crippen molar-refractivity contribution in [3.8, 4) is 0 Å². The van der Waals surface area contributed by atoms with Gasteiger partial charge < -0.3 is 5.32 Å². The number of nitrogens with one attached hydrogen (secondary N) is 1. The van der Waals surface area contributed by atoms with Gasteiger partial charge in [-0.15, -0.1) is 5.10 Å². The Morgan fingerprint density at radius 1 is 1.25 bits per heavy atom. The number of benzene rings is 2. The first-order valence-electron chi connectivity index (χ1n) is 10.7. The molecule has 1 N–H and O–H groups in total. The van der Waals surface area contributed by atoms with Crippen LogP contribution >= 0.6 is 0 Å². The lowest BCUT2D eigenvalue weighted by molar-refractivity contribution is -0.126. The van der Waals surface area contributed by atoms with Crippen molar-refractivity contribution in [1.82, 2.24) is 24.6 Å². The molecule has 1 aliphatic heterocycles. The molecule has 2 aromatic carbocycles. The fourth-order valence-electron chi connectivity index (χ4n) is 3.99. The number of carbonyl (C=O) groups excluding carboxylic acids is 1. The van der Waals surface area contributed by atoms with E-state index < -0.39 is 15.9 Å². The van der Waals surface area contributed by atoms with E-state index in [9.17, 15) is 17.6 Å². The molecule has 1 aliphatic rings. The van der Waals surface area contributed by atoms with E-state index in [1.165, 1.54) is 22.5 Å². The topological polar surface area (TPSA) is 97.2 Å². The number of hydrogen-bond donors (Lipinski definition) is 1. The van der Waals surface area contributed by atoms with Gasteiger partial charge >= 0.3 is 0 Å². The number of aryl methyl sites for hydroxylation is 1. The zero-order valence-electron chi connectivity index (χ0n) is 17.9. The summed E-state index contributed by atoms with van der Waals surface area (Å²) in [6.07, 6.45) is 2.09. The van der Waals surface area contributed by atoms with E-state index in [4.69, 9.17) is 0 Å². The lowest BCUT2D eigenvalue weighted by atomic mass is 9.99. The minimum atomic E-state index is -3.77. The molecule has 8 nitrogen and oxygen atoms in total. The fourth-order valence-corrected chi connectivity index (χ4v) is 5.54. The number of piperidine rings is 1. The molecular formula is C22H26FN5O3S. The number of aromatic nitrogens is 3. The van der Waals surface area contributed by atoms with Crippen molar-refractivity contribution in [2.45, 2.75) is 44.2 Å². The summed E-state index contributed by atoms with van der Waals surface area (Å²) >= 11 is 0. The second-order valence-corrected chi connectivity index (χ2v) is 9.95. The van der Waals surface area contributed by atoms with Crippen LogP contribution in [0.25, 0.3) is 11.0 Å². The highest BCUT2D eigenvalue weighted by Gasteiger charge is 2.33. The monoisotopic (exact) mass is 459 g/mol. The first-order valence-corrected chi connectivity index (χ1v) is 12.2. The van der Waals surface area contributed by atoms with Crippen molar-refractivity contribution in [2.75, 3.05) is 13.1 Å². The Hall–Kier alpha value is -2.85. The lowest BCUT2D eigenvalue weighted by Crippen LogP contribution is -2.45. The van der Waals surface area contributed by atoms with Gasteiger partial charge in [-0.25, -0.2) is 17.5 Å². The van der Waals surface area contributed by atoms with Crippen molar-refractivity contribution < 1.29 is 17.6 Å². The van der Waals surface area contributed by atoms with Crippen LogP contribution in [0.3, 0.4) is 0 Å². The summed E-state index contributed by atoms with van der Waals surface area (Å²) in [4.78, 5) is 12.8. The van der Waals surface area contributed by atoms with Gasteiger partial charge in [-0.1, -0.05) is 24.3 Å². The molecule has 4 rings (SSSR count). The first-order chi connectivity index (χ1) is 15.4. The van der Waals surface area contributed by atoms with Crippen molar-refractivity contribution in [1.29, 1.82) is 0 Å². The number of amides is 1. The van der Waals surface area contributed by atoms with Gasteiger partial charge in [0.25, 0.3) is 0 Å². The van der Waals surface area contributed by atoms with Crippen LogP contribution in [0.2, 0.25) is 0 Å². The Morgan fingerprint density at radius 2 is 2.09 bits per heavy atom. The summed E-state index contributed by atoms with van der Waals surface area (Å²) in [5, 5.41) is 11.0. The average Bonchev–Trinajstić information content (AvgIpc) is 3.20. The molecule has 1 atom stereocenters. The van der Waals surface area contributed by atoms with Gasteiger partial charge in [-0.05, 0) is 55.2 Å². The summed E-state index contributed by atoms with van der Waals surface area (Å²) in [5.74, 6) is -1.05. The Labute approximate surface area is 186 Å². The minimum Gasteiger partial charge on any atom is -0.352 e. The molecule has 3 aromatic rings. The van der Waals surface area contributed by atoms with E-state index >= 15 is 0 Å². The normalized spacial score (nSPS) is 17.5. The number of fused-ring (bicyclic) bond motifs is 1. The SMILES string of the molecule is CCCn1nnc2cc(S(=O)(=O)N3CCC[C@@H](C(=O)NCc4cccc(F)c4)C3)ccc21. The summed E-state index contributed by atoms with van der Waals surface area (Å²) in [6, 6.07) is 10.9. The molecule has 2 heterocycles. The van der Waals surface area contributed by atoms with Gasteiger partial charge in [0.1, 0.15) is 11.3 Å². The van der Waals surface area contributed by atoms with Crippen LogP contribution in [0.1, 0.15) is 31.7 Å². The number of hydrogen-bond acceptors (Lipinski definition) is 5. The molecule has 0 bridgehead atoms. The van der Waals surface area contributed by atoms with E-state index in [0.717, 1.165) is 11.9 Å². The molecule has 1 aromatic heterocycles. The largest absolute Gasteiger partial charge is 0.352 e. The molecule has 0 radical (unpaired) electrons. The molecule has 0 spiro atoms. The number of halogens is 1. The third-order valence-corrected chi connectivity index (χ3v) is 7.53. The van der Waals surface area contributed by atoms with Gasteiger partial charge in [0.15, 0.2) is 0 Å². The van der Waals surface area contributed by atoms with Crippen molar-refractivity contribution in [3.63, 3.8) is 0 Å². The van der Waals surface area contributed by atoms with Gasteiger partial charge in [-0.2, -0.15) is 4.31 Å². The molecule has 0 unspecified atom stereocenters. The maximum atomic E-state index is 13.3. The smallest absolute Gasteiger partial charge is 0.243 e. The van der Waals surface area contributed by atoms with Crippen molar-refractivity contribution in [3.05, 3.63) is 53.8 Å². The minimum absolute atomic E-state index is 0.109. The highest BCUT2D eigenvalue weighted by molar-refractivity contribution is 7.89. The maximum Gasteiger partial charge on any atom is 0.243 e. The summed E-state index contributed by atoms with van der Waals surface area (Å²) in [5.41, 5.74) is 1.98. The lowest BCUT2D eigenvalue weighted by Gasteiger charge is -2.31. The Kier molecular flexibility index (Phi) is 6.52. The predicted octanol–water partition coefficient (Wildman–Crippen LogP) is 2.70. The molecule has 170 valence electrons. The van der Waals surface area contributed by atoms with E-state index in [0.29, 0.717) is 37.0 Å². The Morgan fingerprint density at radius 3 is 2.88 bits per heavy atom. The van der Waals surface area contributed by atoms with Crippen LogP contribution < -0.4 is 5.32 Å². The van der Waals surface area contributed by atoms with E-state index in [1.54, 1.807) is 28.9 Å². The predicted molar refractivity (Wildman–Crippen MR) is 118 cm³/mol. The van der Waals surface area contributed by atoms with Crippen LogP contribution in [0.15, 0.2) is 47.4 Å². The van der Waals surface area contributed by atoms with Crippen LogP contribution in [0, 0.1) is 11.7 Å². The van der Waals surface area contributed by atoms with Crippen LogP contribution in [-0.4, -0.2) is 46.7 Å². The zero-order valence-corrected chi connectivity index (χ0v) is 18.7. The number of carbonyl (C=O) groups is 1. The molecular weight excluding hydrogens is 433 g/mol. The molecule has 32 heavy (non-hydrogen) atoms. The van der Waals surface area contributed by atoms with Gasteiger partial charge in [0, 0.05) is 26.2 Å². The van der Waals surface area contributed by atoms with Crippen LogP contribution in [0.4, 0.5) is 4.39 Å². The van der Waals surface area contributed by atoms with Crippen molar-refractivity contribution in [2.24, 2.45) is 5.92 Å². The van der Waals surface area contributed by atoms with E-state index in [2.05, 4.69) is 15.6 Å². The van der Waals surface area contributed by atoms with E-state index in [-0.39, 0.29) is 29.7 Å². The first kappa shape index (κ1) is 22.3. The maximum absolute atomic E-state index is 13.3. The summed E-state index contributed by atoms with van der Waals surface area (Å²) in [7, 11) is -3.77. The summed E-state index contributed by atoms with van der Waals surface area (Å²) in [6.45, 7) is 3.41. The number of nitrogens with zero attached hydrogens (tertiary/aromatic N) is 4. The number of sulfonamides is 1. The quantitative estimate of drug-likeness (QED) is 0.586. The van der Waals surface area contributed by atoms with Gasteiger partial charge in [0.05, 0.1) is 16.3 Å². The average molecular weight is 460 g/mol. The van der Waals surface area contributed by atoms with Crippen molar-refractivity contribution >= 4 is 27.0 Å². The second kappa shape index (κ2) is 9.33. The molecule has 10 heteroatoms. The molecule has 0 aliphatic carbocycles. The molecule has 1 saturated heterocycles. The van der Waals surface area contributed by atoms with Crippen LogP contribution in [0.5, 0.6) is 0 Å². The fraction of sp³-hybridized carbons (Fsp3) is 0.409. The summed E-state index contributed by atoms with van der Waals surface area (Å²) < 4.78 is 42.9.